The first-order chi connectivity index (χ1) is 7.89. The van der Waals surface area contributed by atoms with Gasteiger partial charge in [-0.3, -0.25) is 0 Å². The lowest BCUT2D eigenvalue weighted by Gasteiger charge is -2.60. The Kier molecular flexibility index (Phi) is 2.43. The molecule has 0 bridgehead atoms. The van der Waals surface area contributed by atoms with Gasteiger partial charge in [-0.15, -0.1) is 0 Å². The highest BCUT2D eigenvalue weighted by Crippen LogP contribution is 2.76. The summed E-state index contributed by atoms with van der Waals surface area (Å²) in [7, 11) is 0. The minimum Gasteiger partial charge on any atom is -0.228 e. The molecule has 0 saturated heterocycles. The predicted molar refractivity (Wildman–Crippen MR) is 45.5 cm³/mol. The van der Waals surface area contributed by atoms with Crippen LogP contribution in [0, 0.1) is 0 Å². The molecule has 0 aromatic heterocycles. The van der Waals surface area contributed by atoms with Crippen molar-refractivity contribution in [3.63, 3.8) is 0 Å². The second-order valence-electron chi connectivity index (χ2n) is 3.72. The molecule has 0 heterocycles. The Morgan fingerprint density at radius 2 is 1.00 bits per heavy atom. The quantitative estimate of drug-likeness (QED) is 0.454. The van der Waals surface area contributed by atoms with E-state index in [0.717, 1.165) is 0 Å². The zero-order valence-electron chi connectivity index (χ0n) is 7.78. The van der Waals surface area contributed by atoms with Gasteiger partial charge in [0, 0.05) is 0 Å². The molecule has 2 rings (SSSR count). The van der Waals surface area contributed by atoms with Crippen LogP contribution in [0.25, 0.3) is 0 Å². The normalized spacial score (nSPS) is 41.7. The lowest BCUT2D eigenvalue weighted by molar-refractivity contribution is -0.292. The van der Waals surface area contributed by atoms with Crippen molar-refractivity contribution in [2.45, 2.75) is 21.6 Å². The third kappa shape index (κ3) is 0.921. The van der Waals surface area contributed by atoms with Gasteiger partial charge in [-0.2, -0.15) is 8.78 Å². The first-order valence-electron chi connectivity index (χ1n) is 4.14. The van der Waals surface area contributed by atoms with Gasteiger partial charge < -0.3 is 0 Å². The molecule has 2 aliphatic carbocycles. The summed E-state index contributed by atoms with van der Waals surface area (Å²) < 4.78 is 101. The molecule has 0 nitrogen and oxygen atoms in total. The number of rotatable bonds is 0. The van der Waals surface area contributed by atoms with Crippen LogP contribution < -0.4 is 0 Å². The van der Waals surface area contributed by atoms with Gasteiger partial charge in [-0.05, 0) is 0 Å². The van der Waals surface area contributed by atoms with E-state index in [0.29, 0.717) is 0 Å². The number of alkyl halides is 6. The summed E-state index contributed by atoms with van der Waals surface area (Å²) in [5.74, 6) is -17.0. The smallest absolute Gasteiger partial charge is 0.228 e. The summed E-state index contributed by atoms with van der Waals surface area (Å²) >= 11 is 9.44. The second-order valence-corrected chi connectivity index (χ2v) is 5.05. The van der Waals surface area contributed by atoms with Crippen LogP contribution in [-0.4, -0.2) is 21.6 Å². The summed E-state index contributed by atoms with van der Waals surface area (Å²) in [5.41, 5.74) is -9.89. The largest absolute Gasteiger partial charge is 0.327 e. The van der Waals surface area contributed by atoms with E-state index in [4.69, 9.17) is 23.2 Å². The lowest BCUT2D eigenvalue weighted by atomic mass is 9.60. The Bertz CT molecular complexity index is 463. The lowest BCUT2D eigenvalue weighted by Crippen LogP contribution is -2.86. The van der Waals surface area contributed by atoms with Crippen molar-refractivity contribution < 1.29 is 35.1 Å². The Morgan fingerprint density at radius 3 is 1.39 bits per heavy atom. The zero-order chi connectivity index (χ0) is 14.3. The molecule has 18 heavy (non-hydrogen) atoms. The van der Waals surface area contributed by atoms with E-state index in [1.54, 1.807) is 0 Å². The molecular weight excluding hydrogens is 319 g/mol. The van der Waals surface area contributed by atoms with Crippen LogP contribution in [0.1, 0.15) is 0 Å². The highest BCUT2D eigenvalue weighted by molar-refractivity contribution is 6.52. The topological polar surface area (TPSA) is 0 Å². The van der Waals surface area contributed by atoms with Gasteiger partial charge in [-0.1, -0.05) is 23.2 Å². The van der Waals surface area contributed by atoms with Crippen molar-refractivity contribution >= 4 is 23.2 Å². The van der Waals surface area contributed by atoms with Crippen LogP contribution in [0.3, 0.4) is 0 Å². The average molecular weight is 319 g/mol. The molecular formula is C8Cl2F8. The number of fused-ring (bicyclic) bond motifs is 1. The van der Waals surface area contributed by atoms with E-state index in [2.05, 4.69) is 0 Å². The molecule has 10 heteroatoms. The number of hydrogen-bond acceptors (Lipinski definition) is 0. The molecule has 102 valence electrons. The SMILES string of the molecule is FC1=C(F)[C@@]2(F)C(Cl)(Cl)C(F)(F)[C@@]2(F)C(F)=C1F. The van der Waals surface area contributed by atoms with Crippen molar-refractivity contribution in [2.24, 2.45) is 0 Å². The van der Waals surface area contributed by atoms with E-state index >= 15 is 0 Å². The van der Waals surface area contributed by atoms with Crippen LogP contribution in [-0.2, 0) is 0 Å². The standard InChI is InChI=1S/C8Cl2F8/c9-7(10)5(15)3(13)1(11)2(12)4(14)6(5,16)8(7,17)18/t5-,6+/m0/s1. The minimum atomic E-state index is -5.20. The molecule has 0 radical (unpaired) electrons. The maximum absolute atomic E-state index is 13.8. The number of halogens is 10. The van der Waals surface area contributed by atoms with Gasteiger partial charge in [0.1, 0.15) is 0 Å². The minimum absolute atomic E-state index is 2.80. The van der Waals surface area contributed by atoms with Crippen molar-refractivity contribution in [2.75, 3.05) is 0 Å². The fourth-order valence-electron chi connectivity index (χ4n) is 1.88. The molecule has 0 spiro atoms. The average Bonchev–Trinajstić information content (AvgIpc) is 2.30. The molecule has 2 aliphatic rings. The summed E-state index contributed by atoms with van der Waals surface area (Å²) in [5, 5.41) is 0. The Labute approximate surface area is 104 Å². The first-order valence-corrected chi connectivity index (χ1v) is 4.90. The summed E-state index contributed by atoms with van der Waals surface area (Å²) in [4.78, 5) is 0. The molecule has 2 atom stereocenters. The Hall–Kier alpha value is -0.500. The summed E-state index contributed by atoms with van der Waals surface area (Å²) in [6.45, 7) is 0. The van der Waals surface area contributed by atoms with Gasteiger partial charge in [0.2, 0.25) is 10.0 Å². The zero-order valence-corrected chi connectivity index (χ0v) is 9.29. The van der Waals surface area contributed by atoms with Crippen LogP contribution in [0.15, 0.2) is 23.3 Å². The van der Waals surface area contributed by atoms with Crippen LogP contribution in [0.5, 0.6) is 0 Å². The number of allylic oxidation sites excluding steroid dienone is 4. The van der Waals surface area contributed by atoms with Gasteiger partial charge in [0.05, 0.1) is 0 Å². The van der Waals surface area contributed by atoms with Crippen LogP contribution >= 0.6 is 23.2 Å². The molecule has 0 aliphatic heterocycles. The van der Waals surface area contributed by atoms with Crippen LogP contribution in [0.4, 0.5) is 35.1 Å². The highest BCUT2D eigenvalue weighted by atomic mass is 35.5. The second kappa shape index (κ2) is 3.15. The van der Waals surface area contributed by atoms with Crippen LogP contribution in [0.2, 0.25) is 0 Å². The number of hydrogen-bond donors (Lipinski definition) is 0. The van der Waals surface area contributed by atoms with Gasteiger partial charge >= 0.3 is 5.92 Å². The first kappa shape index (κ1) is 13.9. The van der Waals surface area contributed by atoms with E-state index in [-0.39, 0.29) is 0 Å². The molecule has 0 aromatic carbocycles. The van der Waals surface area contributed by atoms with E-state index in [1.807, 2.05) is 0 Å². The van der Waals surface area contributed by atoms with E-state index in [9.17, 15) is 35.1 Å². The third-order valence-corrected chi connectivity index (χ3v) is 3.91. The monoisotopic (exact) mass is 318 g/mol. The maximum Gasteiger partial charge on any atom is 0.327 e. The third-order valence-electron chi connectivity index (χ3n) is 2.92. The fourth-order valence-corrected chi connectivity index (χ4v) is 2.56. The van der Waals surface area contributed by atoms with E-state index in [1.165, 1.54) is 0 Å². The molecule has 1 fully saturated rings. The molecule has 1 saturated carbocycles. The van der Waals surface area contributed by atoms with Crippen molar-refractivity contribution in [3.8, 4) is 0 Å². The summed E-state index contributed by atoms with van der Waals surface area (Å²) in [6.07, 6.45) is 0. The molecule has 0 aromatic rings. The maximum atomic E-state index is 13.8. The molecule has 0 unspecified atom stereocenters. The van der Waals surface area contributed by atoms with Crippen molar-refractivity contribution in [1.29, 1.82) is 0 Å². The Morgan fingerprint density at radius 1 is 0.667 bits per heavy atom. The van der Waals surface area contributed by atoms with Crippen molar-refractivity contribution in [3.05, 3.63) is 23.3 Å². The Balaban J connectivity index is 2.83. The van der Waals surface area contributed by atoms with E-state index < -0.39 is 44.9 Å². The van der Waals surface area contributed by atoms with Gasteiger partial charge in [0.25, 0.3) is 5.67 Å². The van der Waals surface area contributed by atoms with Gasteiger partial charge in [-0.25, -0.2) is 26.3 Å². The predicted octanol–water partition coefficient (Wildman–Crippen LogP) is 4.54. The van der Waals surface area contributed by atoms with Gasteiger partial charge in [0.15, 0.2) is 23.3 Å². The highest BCUT2D eigenvalue weighted by Gasteiger charge is 2.99. The molecule has 0 amide bonds. The van der Waals surface area contributed by atoms with Crippen molar-refractivity contribution in [1.82, 2.24) is 0 Å². The molecule has 0 N–H and O–H groups in total. The fraction of sp³-hybridized carbons (Fsp3) is 0.500. The summed E-state index contributed by atoms with van der Waals surface area (Å²) in [6, 6.07) is 0.